The van der Waals surface area contributed by atoms with E-state index in [1.807, 2.05) is 0 Å². The molecule has 0 fully saturated rings. The number of nitrogens with two attached hydrogens (primary N) is 1. The number of pyridine rings is 1. The van der Waals surface area contributed by atoms with Crippen molar-refractivity contribution in [3.05, 3.63) is 77.7 Å². The van der Waals surface area contributed by atoms with Crippen LogP contribution in [0, 0.1) is 5.82 Å². The lowest BCUT2D eigenvalue weighted by molar-refractivity contribution is -0.115. The molecule has 0 atom stereocenters. The van der Waals surface area contributed by atoms with Crippen LogP contribution in [0.3, 0.4) is 0 Å². The molecule has 0 aliphatic heterocycles. The van der Waals surface area contributed by atoms with Gasteiger partial charge in [-0.15, -0.1) is 0 Å². The largest absolute Gasteiger partial charge is 0.435 e. The van der Waals surface area contributed by atoms with Crippen molar-refractivity contribution in [1.82, 2.24) is 14.5 Å². The molecule has 8 nitrogen and oxygen atoms in total. The Morgan fingerprint density at radius 1 is 1.12 bits per heavy atom. The normalized spacial score (nSPS) is 11.1. The minimum absolute atomic E-state index is 0.0166. The van der Waals surface area contributed by atoms with E-state index in [-0.39, 0.29) is 29.6 Å². The molecule has 2 amide bonds. The minimum atomic E-state index is -2.65. The third-order valence-electron chi connectivity index (χ3n) is 4.83. The number of hydrogen-bond acceptors (Lipinski definition) is 5. The number of aromatic nitrogens is 3. The standard InChI is InChI=1S/C23H18F3N5O3/c24-15-10-13(7-8-18(15)34-22-14(21(27)33)4-3-9-28-22)11-20(32)30-23-29-16-5-1-2-6-17(16)31(23)12-19(25)26/h1-10,19H,11-12H2,(H2,27,33)(H,29,30,32). The quantitative estimate of drug-likeness (QED) is 0.406. The van der Waals surface area contributed by atoms with E-state index in [4.69, 9.17) is 10.5 Å². The van der Waals surface area contributed by atoms with Crippen LogP contribution in [0.25, 0.3) is 11.0 Å². The van der Waals surface area contributed by atoms with Gasteiger partial charge in [0.25, 0.3) is 12.3 Å². The second-order valence-electron chi connectivity index (χ2n) is 7.24. The van der Waals surface area contributed by atoms with Crippen molar-refractivity contribution < 1.29 is 27.5 Å². The summed E-state index contributed by atoms with van der Waals surface area (Å²) in [5, 5.41) is 2.51. The third kappa shape index (κ3) is 4.98. The lowest BCUT2D eigenvalue weighted by Gasteiger charge is -2.11. The molecule has 0 unspecified atom stereocenters. The molecule has 0 saturated carbocycles. The number of alkyl halides is 2. The molecule has 34 heavy (non-hydrogen) atoms. The van der Waals surface area contributed by atoms with Gasteiger partial charge in [-0.25, -0.2) is 23.1 Å². The van der Waals surface area contributed by atoms with E-state index in [1.165, 1.54) is 35.0 Å². The molecule has 4 rings (SSSR count). The number of anilines is 1. The molecular weight excluding hydrogens is 451 g/mol. The first-order valence-electron chi connectivity index (χ1n) is 10.1. The van der Waals surface area contributed by atoms with Gasteiger partial charge in [-0.3, -0.25) is 14.9 Å². The summed E-state index contributed by atoms with van der Waals surface area (Å²) in [5.41, 5.74) is 6.46. The summed E-state index contributed by atoms with van der Waals surface area (Å²) in [6, 6.07) is 13.4. The monoisotopic (exact) mass is 469 g/mol. The highest BCUT2D eigenvalue weighted by atomic mass is 19.3. The van der Waals surface area contributed by atoms with E-state index in [0.717, 1.165) is 6.07 Å². The molecule has 11 heteroatoms. The predicted octanol–water partition coefficient (Wildman–Crippen LogP) is 3.91. The fourth-order valence-corrected chi connectivity index (χ4v) is 3.35. The van der Waals surface area contributed by atoms with Gasteiger partial charge in [0.15, 0.2) is 11.6 Å². The summed E-state index contributed by atoms with van der Waals surface area (Å²) in [6.45, 7) is -0.641. The molecule has 0 aliphatic rings. The topological polar surface area (TPSA) is 112 Å². The molecule has 2 heterocycles. The zero-order valence-electron chi connectivity index (χ0n) is 17.5. The number of fused-ring (bicyclic) bond motifs is 1. The van der Waals surface area contributed by atoms with Gasteiger partial charge in [-0.05, 0) is 42.0 Å². The highest BCUT2D eigenvalue weighted by molar-refractivity contribution is 5.95. The van der Waals surface area contributed by atoms with E-state index in [2.05, 4.69) is 15.3 Å². The highest BCUT2D eigenvalue weighted by Crippen LogP contribution is 2.27. The number of nitrogens with zero attached hydrogens (tertiary/aromatic N) is 3. The minimum Gasteiger partial charge on any atom is -0.435 e. The Bertz CT molecular complexity index is 1370. The van der Waals surface area contributed by atoms with Gasteiger partial charge in [0, 0.05) is 6.20 Å². The van der Waals surface area contributed by atoms with Crippen LogP contribution in [0.2, 0.25) is 0 Å². The fourth-order valence-electron chi connectivity index (χ4n) is 3.35. The number of rotatable bonds is 8. The maximum atomic E-state index is 14.6. The second kappa shape index (κ2) is 9.61. The van der Waals surface area contributed by atoms with Crippen molar-refractivity contribution in [2.24, 2.45) is 5.73 Å². The van der Waals surface area contributed by atoms with Gasteiger partial charge >= 0.3 is 0 Å². The Balaban J connectivity index is 1.49. The number of hydrogen-bond donors (Lipinski definition) is 2. The van der Waals surface area contributed by atoms with E-state index in [0.29, 0.717) is 16.6 Å². The molecule has 0 spiro atoms. The Morgan fingerprint density at radius 2 is 1.91 bits per heavy atom. The van der Waals surface area contributed by atoms with Crippen LogP contribution in [0.5, 0.6) is 11.6 Å². The number of halogens is 3. The number of primary amides is 1. The van der Waals surface area contributed by atoms with Crippen molar-refractivity contribution >= 4 is 28.8 Å². The average Bonchev–Trinajstić information content (AvgIpc) is 3.12. The van der Waals surface area contributed by atoms with Crippen molar-refractivity contribution in [1.29, 1.82) is 0 Å². The smallest absolute Gasteiger partial charge is 0.256 e. The third-order valence-corrected chi connectivity index (χ3v) is 4.83. The number of amides is 2. The first-order valence-corrected chi connectivity index (χ1v) is 10.1. The summed E-state index contributed by atoms with van der Waals surface area (Å²) in [7, 11) is 0. The van der Waals surface area contributed by atoms with Crippen LogP contribution >= 0.6 is 0 Å². The summed E-state index contributed by atoms with van der Waals surface area (Å²) in [6.07, 6.45) is -1.53. The summed E-state index contributed by atoms with van der Waals surface area (Å²) in [5.74, 6) is -2.55. The van der Waals surface area contributed by atoms with Gasteiger partial charge < -0.3 is 15.0 Å². The van der Waals surface area contributed by atoms with E-state index >= 15 is 0 Å². The maximum Gasteiger partial charge on any atom is 0.256 e. The summed E-state index contributed by atoms with van der Waals surface area (Å²) < 4.78 is 47.3. The van der Waals surface area contributed by atoms with Gasteiger partial charge in [-0.1, -0.05) is 18.2 Å². The first kappa shape index (κ1) is 22.8. The number of nitrogens with one attached hydrogen (secondary N) is 1. The molecule has 0 bridgehead atoms. The second-order valence-corrected chi connectivity index (χ2v) is 7.24. The van der Waals surface area contributed by atoms with Crippen LogP contribution < -0.4 is 15.8 Å². The fraction of sp³-hybridized carbons (Fsp3) is 0.130. The molecule has 2 aromatic heterocycles. The van der Waals surface area contributed by atoms with Crippen molar-refractivity contribution in [3.8, 4) is 11.6 Å². The van der Waals surface area contributed by atoms with Crippen LogP contribution in [-0.4, -0.2) is 32.8 Å². The highest BCUT2D eigenvalue weighted by Gasteiger charge is 2.18. The van der Waals surface area contributed by atoms with Crippen LogP contribution in [0.15, 0.2) is 60.8 Å². The molecule has 174 valence electrons. The Hall–Kier alpha value is -4.41. The first-order chi connectivity index (χ1) is 16.3. The summed E-state index contributed by atoms with van der Waals surface area (Å²) in [4.78, 5) is 32.1. The molecule has 3 N–H and O–H groups in total. The van der Waals surface area contributed by atoms with Gasteiger partial charge in [0.05, 0.1) is 24.0 Å². The zero-order valence-corrected chi connectivity index (χ0v) is 17.5. The van der Waals surface area contributed by atoms with Crippen molar-refractivity contribution in [2.45, 2.75) is 19.4 Å². The number of benzene rings is 2. The van der Waals surface area contributed by atoms with E-state index in [1.54, 1.807) is 24.3 Å². The average molecular weight is 469 g/mol. The SMILES string of the molecule is NC(=O)c1cccnc1Oc1ccc(CC(=O)Nc2nc3ccccc3n2CC(F)F)cc1F. The molecule has 0 radical (unpaired) electrons. The Labute approximate surface area is 191 Å². The van der Waals surface area contributed by atoms with Gasteiger partial charge in [-0.2, -0.15) is 0 Å². The number of ether oxygens (including phenoxy) is 1. The summed E-state index contributed by atoms with van der Waals surface area (Å²) >= 11 is 0. The number of imidazole rings is 1. The van der Waals surface area contributed by atoms with Crippen LogP contribution in [0.4, 0.5) is 19.1 Å². The van der Waals surface area contributed by atoms with Crippen molar-refractivity contribution in [2.75, 3.05) is 5.32 Å². The predicted molar refractivity (Wildman–Crippen MR) is 117 cm³/mol. The Morgan fingerprint density at radius 3 is 2.65 bits per heavy atom. The lowest BCUT2D eigenvalue weighted by Crippen LogP contribution is -2.19. The van der Waals surface area contributed by atoms with Crippen LogP contribution in [0.1, 0.15) is 15.9 Å². The van der Waals surface area contributed by atoms with Gasteiger partial charge in [0.1, 0.15) is 5.56 Å². The van der Waals surface area contributed by atoms with E-state index in [9.17, 15) is 22.8 Å². The molecule has 0 saturated heterocycles. The molecule has 4 aromatic rings. The maximum absolute atomic E-state index is 14.6. The Kier molecular flexibility index (Phi) is 6.44. The van der Waals surface area contributed by atoms with E-state index < -0.39 is 30.6 Å². The van der Waals surface area contributed by atoms with Crippen LogP contribution in [-0.2, 0) is 17.8 Å². The van der Waals surface area contributed by atoms with Crippen molar-refractivity contribution in [3.63, 3.8) is 0 Å². The number of para-hydroxylation sites is 2. The van der Waals surface area contributed by atoms with Gasteiger partial charge in [0.2, 0.25) is 17.7 Å². The number of carbonyl (C=O) groups is 2. The molecular formula is C23H18F3N5O3. The zero-order chi connectivity index (χ0) is 24.2. The number of carbonyl (C=O) groups excluding carboxylic acids is 2. The lowest BCUT2D eigenvalue weighted by atomic mass is 10.1. The molecule has 2 aromatic carbocycles. The molecule has 0 aliphatic carbocycles.